The number of aliphatic hydroxyl groups excluding tert-OH is 1. The predicted octanol–water partition coefficient (Wildman–Crippen LogP) is 4.85. The van der Waals surface area contributed by atoms with Crippen LogP contribution in [0, 0.1) is 23.2 Å². The quantitative estimate of drug-likeness (QED) is 0.622. The van der Waals surface area contributed by atoms with Crippen molar-refractivity contribution >= 4 is 28.1 Å². The summed E-state index contributed by atoms with van der Waals surface area (Å²) in [6, 6.07) is 10.5. The molecule has 6 atom stereocenters. The molecule has 5 nitrogen and oxygen atoms in total. The van der Waals surface area contributed by atoms with Crippen LogP contribution in [-0.2, 0) is 11.2 Å². The van der Waals surface area contributed by atoms with Gasteiger partial charge in [-0.05, 0) is 61.5 Å². The fraction of sp³-hybridized carbons (Fsp3) is 0.600. The topological polar surface area (TPSA) is 74.2 Å². The maximum absolute atomic E-state index is 12.7. The second-order valence-corrected chi connectivity index (χ2v) is 11.3. The summed E-state index contributed by atoms with van der Waals surface area (Å²) in [6.07, 6.45) is 4.62. The minimum absolute atomic E-state index is 0.0152. The number of para-hydroxylation sites is 1. The largest absolute Gasteiger partial charge is 0.392 e. The molecule has 2 saturated carbocycles. The van der Waals surface area contributed by atoms with Gasteiger partial charge < -0.3 is 15.7 Å². The van der Waals surface area contributed by atoms with Crippen molar-refractivity contribution in [2.24, 2.45) is 23.2 Å². The Bertz CT molecular complexity index is 957. The molecule has 0 bridgehead atoms. The Morgan fingerprint density at radius 3 is 2.71 bits per heavy atom. The van der Waals surface area contributed by atoms with Gasteiger partial charge in [-0.25, -0.2) is 4.98 Å². The second-order valence-electron chi connectivity index (χ2n) is 10.2. The maximum Gasteiger partial charge on any atom is 0.223 e. The fourth-order valence-electron chi connectivity index (χ4n) is 6.00. The van der Waals surface area contributed by atoms with Gasteiger partial charge in [0, 0.05) is 28.4 Å². The molecular weight excluding hydrogens is 406 g/mol. The zero-order valence-corrected chi connectivity index (χ0v) is 19.4. The van der Waals surface area contributed by atoms with Gasteiger partial charge in [0.25, 0.3) is 0 Å². The van der Waals surface area contributed by atoms with Crippen LogP contribution in [0.5, 0.6) is 0 Å². The molecule has 2 fully saturated rings. The van der Waals surface area contributed by atoms with Crippen LogP contribution in [0.25, 0.3) is 0 Å². The third kappa shape index (κ3) is 3.89. The molecular formula is C25H33N3O2S. The number of fused-ring (bicyclic) bond motifs is 2. The SMILES string of the molecule is C[C@H](C(=O)NC1CC1)[C@H]1CC[C@]2(C)Cc3sc(Nc4ccccc4)nc3[C@H](C)[C@@H]2[C@H]1O. The minimum atomic E-state index is -0.478. The molecule has 0 aliphatic heterocycles. The highest BCUT2D eigenvalue weighted by molar-refractivity contribution is 7.15. The van der Waals surface area contributed by atoms with E-state index in [-0.39, 0.29) is 35.0 Å². The summed E-state index contributed by atoms with van der Waals surface area (Å²) in [5, 5.41) is 19.0. The molecule has 3 aliphatic carbocycles. The summed E-state index contributed by atoms with van der Waals surface area (Å²) in [7, 11) is 0. The van der Waals surface area contributed by atoms with Gasteiger partial charge in [-0.2, -0.15) is 0 Å². The van der Waals surface area contributed by atoms with Crippen LogP contribution in [0.15, 0.2) is 30.3 Å². The van der Waals surface area contributed by atoms with Gasteiger partial charge in [0.1, 0.15) is 0 Å². The van der Waals surface area contributed by atoms with Crippen LogP contribution in [0.2, 0.25) is 0 Å². The molecule has 1 aromatic carbocycles. The minimum Gasteiger partial charge on any atom is -0.392 e. The lowest BCUT2D eigenvalue weighted by atomic mass is 9.53. The number of carbonyl (C=O) groups is 1. The van der Waals surface area contributed by atoms with E-state index in [9.17, 15) is 9.90 Å². The van der Waals surface area contributed by atoms with E-state index in [1.807, 2.05) is 37.3 Å². The lowest BCUT2D eigenvalue weighted by molar-refractivity contribution is -0.134. The Labute approximate surface area is 188 Å². The van der Waals surface area contributed by atoms with E-state index in [1.165, 1.54) is 4.88 Å². The number of aromatic nitrogens is 1. The molecule has 1 aromatic heterocycles. The average Bonchev–Trinajstić information content (AvgIpc) is 3.46. The monoisotopic (exact) mass is 439 g/mol. The predicted molar refractivity (Wildman–Crippen MR) is 125 cm³/mol. The van der Waals surface area contributed by atoms with Crippen LogP contribution in [-0.4, -0.2) is 28.1 Å². The normalized spacial score (nSPS) is 33.2. The summed E-state index contributed by atoms with van der Waals surface area (Å²) < 4.78 is 0. The Hall–Kier alpha value is -1.92. The van der Waals surface area contributed by atoms with Crippen molar-refractivity contribution in [2.45, 2.75) is 70.9 Å². The highest BCUT2D eigenvalue weighted by Crippen LogP contribution is 2.57. The third-order valence-corrected chi connectivity index (χ3v) is 8.91. The molecule has 1 amide bonds. The fourth-order valence-corrected chi connectivity index (χ4v) is 7.28. The number of rotatable bonds is 5. The first kappa shape index (κ1) is 21.0. The number of carbonyl (C=O) groups excluding carboxylic acids is 1. The van der Waals surface area contributed by atoms with E-state index in [2.05, 4.69) is 24.5 Å². The van der Waals surface area contributed by atoms with Crippen molar-refractivity contribution in [1.29, 1.82) is 0 Å². The summed E-state index contributed by atoms with van der Waals surface area (Å²) in [6.45, 7) is 6.54. The van der Waals surface area contributed by atoms with Crippen LogP contribution >= 0.6 is 11.3 Å². The van der Waals surface area contributed by atoms with Gasteiger partial charge in [-0.3, -0.25) is 4.79 Å². The number of thiazole rings is 1. The molecule has 1 heterocycles. The molecule has 0 radical (unpaired) electrons. The van der Waals surface area contributed by atoms with Crippen molar-refractivity contribution in [1.82, 2.24) is 10.3 Å². The number of amides is 1. The van der Waals surface area contributed by atoms with E-state index in [1.54, 1.807) is 11.3 Å². The number of hydrogen-bond acceptors (Lipinski definition) is 5. The Morgan fingerprint density at radius 1 is 1.26 bits per heavy atom. The molecule has 3 aliphatic rings. The second kappa shape index (κ2) is 7.89. The van der Waals surface area contributed by atoms with E-state index in [4.69, 9.17) is 4.98 Å². The first-order valence-corrected chi connectivity index (χ1v) is 12.5. The summed E-state index contributed by atoms with van der Waals surface area (Å²) in [4.78, 5) is 19.0. The van der Waals surface area contributed by atoms with Crippen molar-refractivity contribution in [3.63, 3.8) is 0 Å². The molecule has 5 rings (SSSR count). The zero-order valence-electron chi connectivity index (χ0n) is 18.6. The Morgan fingerprint density at radius 2 is 2.00 bits per heavy atom. The van der Waals surface area contributed by atoms with Crippen LogP contribution < -0.4 is 10.6 Å². The molecule has 6 heteroatoms. The Balaban J connectivity index is 1.37. The van der Waals surface area contributed by atoms with Gasteiger partial charge >= 0.3 is 0 Å². The summed E-state index contributed by atoms with van der Waals surface area (Å²) >= 11 is 1.75. The number of benzene rings is 1. The highest BCUT2D eigenvalue weighted by Gasteiger charge is 2.54. The van der Waals surface area contributed by atoms with Crippen molar-refractivity contribution in [2.75, 3.05) is 5.32 Å². The smallest absolute Gasteiger partial charge is 0.223 e. The van der Waals surface area contributed by atoms with E-state index >= 15 is 0 Å². The first-order valence-electron chi connectivity index (χ1n) is 11.7. The standard InChI is InChI=1S/C25H33N3O2S/c1-14(23(30)26-17-9-10-17)18-11-12-25(3)13-19-21(15(2)20(25)22(18)29)28-24(31-19)27-16-7-5-4-6-8-16/h4-8,14-15,17-18,20,22,29H,9-13H2,1-3H3,(H,26,30)(H,27,28)/t14-,15+,18+,20+,22-,25+/m0/s1. The summed E-state index contributed by atoms with van der Waals surface area (Å²) in [5.74, 6) is 0.276. The molecule has 0 unspecified atom stereocenters. The molecule has 166 valence electrons. The lowest BCUT2D eigenvalue weighted by Gasteiger charge is -2.53. The van der Waals surface area contributed by atoms with Crippen LogP contribution in [0.1, 0.15) is 62.9 Å². The average molecular weight is 440 g/mol. The number of hydrogen-bond donors (Lipinski definition) is 3. The maximum atomic E-state index is 12.7. The molecule has 2 aromatic rings. The molecule has 0 saturated heterocycles. The molecule has 31 heavy (non-hydrogen) atoms. The molecule has 3 N–H and O–H groups in total. The van der Waals surface area contributed by atoms with E-state index in [0.29, 0.717) is 6.04 Å². The van der Waals surface area contributed by atoms with Crippen LogP contribution in [0.3, 0.4) is 0 Å². The number of aliphatic hydroxyl groups is 1. The van der Waals surface area contributed by atoms with Gasteiger partial charge in [0.15, 0.2) is 5.13 Å². The van der Waals surface area contributed by atoms with E-state index in [0.717, 1.165) is 48.6 Å². The van der Waals surface area contributed by atoms with Crippen LogP contribution in [0.4, 0.5) is 10.8 Å². The van der Waals surface area contributed by atoms with Gasteiger partial charge in [-0.1, -0.05) is 39.0 Å². The Kier molecular flexibility index (Phi) is 5.33. The number of nitrogens with zero attached hydrogens (tertiary/aromatic N) is 1. The zero-order chi connectivity index (χ0) is 21.8. The van der Waals surface area contributed by atoms with Crippen molar-refractivity contribution < 1.29 is 9.90 Å². The highest BCUT2D eigenvalue weighted by atomic mass is 32.1. The van der Waals surface area contributed by atoms with Gasteiger partial charge in [0.2, 0.25) is 5.91 Å². The number of nitrogens with one attached hydrogen (secondary N) is 2. The third-order valence-electron chi connectivity index (χ3n) is 7.93. The molecule has 0 spiro atoms. The van der Waals surface area contributed by atoms with Gasteiger partial charge in [-0.15, -0.1) is 11.3 Å². The first-order chi connectivity index (χ1) is 14.9. The van der Waals surface area contributed by atoms with E-state index < -0.39 is 6.10 Å². The van der Waals surface area contributed by atoms with Crippen molar-refractivity contribution in [3.8, 4) is 0 Å². The van der Waals surface area contributed by atoms with Gasteiger partial charge in [0.05, 0.1) is 11.8 Å². The number of anilines is 2. The lowest BCUT2D eigenvalue weighted by Crippen LogP contribution is -2.53. The van der Waals surface area contributed by atoms with Crippen molar-refractivity contribution in [3.05, 3.63) is 40.9 Å². The summed E-state index contributed by atoms with van der Waals surface area (Å²) in [5.41, 5.74) is 2.21.